The largest absolute Gasteiger partial charge is 0.506 e. The van der Waals surface area contributed by atoms with Gasteiger partial charge in [0.2, 0.25) is 0 Å². The van der Waals surface area contributed by atoms with Crippen LogP contribution in [-0.4, -0.2) is 49.9 Å². The highest BCUT2D eigenvalue weighted by molar-refractivity contribution is 7.98. The number of nitrogens with zero attached hydrogens (tertiary/aromatic N) is 10. The number of azo groups is 2. The van der Waals surface area contributed by atoms with Crippen molar-refractivity contribution in [2.75, 3.05) is 25.3 Å². The van der Waals surface area contributed by atoms with Gasteiger partial charge in [0, 0.05) is 26.4 Å². The number of phenols is 1. The van der Waals surface area contributed by atoms with Gasteiger partial charge in [0.05, 0.1) is 11.1 Å². The number of phenolic OH excluding ortho intramolecular Hbond substituents is 1. The second-order valence-electron chi connectivity index (χ2n) is 6.33. The van der Waals surface area contributed by atoms with Crippen molar-refractivity contribution in [1.82, 2.24) is 24.5 Å². The molecule has 12 nitrogen and oxygen atoms in total. The zero-order valence-electron chi connectivity index (χ0n) is 16.9. The predicted octanol–water partition coefficient (Wildman–Crippen LogP) is 5.10. The number of aromatic hydroxyl groups is 1. The predicted molar refractivity (Wildman–Crippen MR) is 117 cm³/mol. The smallest absolute Gasteiger partial charge is 0.366 e. The summed E-state index contributed by atoms with van der Waals surface area (Å²) in [6.45, 7) is 1.68. The fourth-order valence-electron chi connectivity index (χ4n) is 2.48. The summed E-state index contributed by atoms with van der Waals surface area (Å²) in [5, 5.41) is 32.5. The molecule has 3 heterocycles. The first kappa shape index (κ1) is 20.7. The lowest BCUT2D eigenvalue weighted by molar-refractivity contribution is 0.421. The number of aromatic nitrogens is 5. The molecule has 3 aromatic heterocycles. The Balaban J connectivity index is 1.69. The molecule has 0 aliphatic carbocycles. The van der Waals surface area contributed by atoms with Crippen LogP contribution in [0, 0.1) is 6.92 Å². The standard InChI is InChI=1S/C17H16N10O2S2/c1-8-19-16(29-25-8)24-21-10-5-11(13(28)6-12(10)27(2)3)22-23-15-9-7-18-17(30-4)20-14(9)26-31-15/h5-7,28H,1-4H3/b23-22+,24-21+. The van der Waals surface area contributed by atoms with E-state index in [1.54, 1.807) is 24.1 Å². The van der Waals surface area contributed by atoms with Gasteiger partial charge in [0.1, 0.15) is 17.1 Å². The Morgan fingerprint density at radius 1 is 1.10 bits per heavy atom. The van der Waals surface area contributed by atoms with E-state index in [2.05, 4.69) is 44.9 Å². The molecule has 14 heteroatoms. The third kappa shape index (κ3) is 4.49. The molecular formula is C17H16N10O2S2. The van der Waals surface area contributed by atoms with E-state index in [0.29, 0.717) is 38.4 Å². The lowest BCUT2D eigenvalue weighted by Crippen LogP contribution is -2.08. The summed E-state index contributed by atoms with van der Waals surface area (Å²) in [6, 6.07) is 3.12. The highest BCUT2D eigenvalue weighted by atomic mass is 32.2. The van der Waals surface area contributed by atoms with Crippen LogP contribution in [0.3, 0.4) is 0 Å². The van der Waals surface area contributed by atoms with Gasteiger partial charge in [-0.05, 0) is 30.8 Å². The summed E-state index contributed by atoms with van der Waals surface area (Å²) in [5.74, 6) is 0.391. The van der Waals surface area contributed by atoms with Crippen molar-refractivity contribution in [1.29, 1.82) is 0 Å². The number of benzene rings is 1. The third-order valence-corrected chi connectivity index (χ3v) is 5.24. The number of hydrogen-bond acceptors (Lipinski definition) is 14. The molecule has 158 valence electrons. The Morgan fingerprint density at radius 2 is 1.90 bits per heavy atom. The van der Waals surface area contributed by atoms with Gasteiger partial charge in [-0.15, -0.1) is 15.3 Å². The molecule has 0 saturated carbocycles. The van der Waals surface area contributed by atoms with Crippen molar-refractivity contribution in [2.45, 2.75) is 12.1 Å². The molecule has 0 unspecified atom stereocenters. The van der Waals surface area contributed by atoms with Crippen LogP contribution in [0.1, 0.15) is 5.82 Å². The molecule has 1 N–H and O–H groups in total. The van der Waals surface area contributed by atoms with Crippen LogP contribution in [0.2, 0.25) is 0 Å². The number of aryl methyl sites for hydroxylation is 1. The van der Waals surface area contributed by atoms with E-state index in [-0.39, 0.29) is 17.5 Å². The fraction of sp³-hybridized carbons (Fsp3) is 0.235. The van der Waals surface area contributed by atoms with Gasteiger partial charge in [-0.2, -0.15) is 9.36 Å². The number of hydrogen-bond donors (Lipinski definition) is 1. The van der Waals surface area contributed by atoms with Crippen LogP contribution in [0.4, 0.5) is 28.1 Å². The van der Waals surface area contributed by atoms with Crippen molar-refractivity contribution in [3.63, 3.8) is 0 Å². The maximum Gasteiger partial charge on any atom is 0.366 e. The summed E-state index contributed by atoms with van der Waals surface area (Å²) in [6.07, 6.45) is 3.55. The Hall–Kier alpha value is -3.52. The van der Waals surface area contributed by atoms with Crippen LogP contribution in [0.5, 0.6) is 5.75 Å². The second-order valence-corrected chi connectivity index (χ2v) is 7.86. The molecule has 31 heavy (non-hydrogen) atoms. The normalized spacial score (nSPS) is 11.9. The van der Waals surface area contributed by atoms with Gasteiger partial charge in [-0.1, -0.05) is 22.0 Å². The summed E-state index contributed by atoms with van der Waals surface area (Å²) >= 11 is 2.58. The van der Waals surface area contributed by atoms with E-state index in [9.17, 15) is 5.11 Å². The minimum atomic E-state index is -0.0604. The molecule has 0 aliphatic heterocycles. The van der Waals surface area contributed by atoms with Gasteiger partial charge in [0.15, 0.2) is 21.6 Å². The topological polar surface area (TPSA) is 150 Å². The van der Waals surface area contributed by atoms with Gasteiger partial charge in [-0.3, -0.25) is 0 Å². The number of anilines is 1. The summed E-state index contributed by atoms with van der Waals surface area (Å²) < 4.78 is 9.23. The van der Waals surface area contributed by atoms with Gasteiger partial charge < -0.3 is 14.5 Å². The highest BCUT2D eigenvalue weighted by Gasteiger charge is 2.13. The van der Waals surface area contributed by atoms with Crippen LogP contribution in [-0.2, 0) is 0 Å². The molecule has 4 aromatic rings. The fourth-order valence-corrected chi connectivity index (χ4v) is 3.45. The minimum absolute atomic E-state index is 0.0270. The van der Waals surface area contributed by atoms with Crippen LogP contribution >= 0.6 is 23.3 Å². The average molecular weight is 457 g/mol. The maximum absolute atomic E-state index is 10.4. The summed E-state index contributed by atoms with van der Waals surface area (Å²) in [4.78, 5) is 14.4. The zero-order chi connectivity index (χ0) is 22.0. The molecule has 0 bridgehead atoms. The first-order valence-electron chi connectivity index (χ1n) is 8.79. The molecule has 0 fully saturated rings. The molecule has 4 rings (SSSR count). The molecule has 0 spiro atoms. The quantitative estimate of drug-likeness (QED) is 0.237. The molecule has 1 aromatic carbocycles. The molecule has 0 atom stereocenters. The van der Waals surface area contributed by atoms with E-state index in [0.717, 1.165) is 11.5 Å². The van der Waals surface area contributed by atoms with Crippen molar-refractivity contribution in [3.8, 4) is 5.75 Å². The van der Waals surface area contributed by atoms with Crippen molar-refractivity contribution < 1.29 is 9.63 Å². The van der Waals surface area contributed by atoms with E-state index in [1.807, 2.05) is 20.4 Å². The van der Waals surface area contributed by atoms with E-state index >= 15 is 0 Å². The van der Waals surface area contributed by atoms with Crippen LogP contribution in [0.25, 0.3) is 11.0 Å². The molecule has 0 amide bonds. The summed E-state index contributed by atoms with van der Waals surface area (Å²) in [7, 11) is 3.64. The average Bonchev–Trinajstić information content (AvgIpc) is 3.36. The highest BCUT2D eigenvalue weighted by Crippen LogP contribution is 2.41. The van der Waals surface area contributed by atoms with Gasteiger partial charge >= 0.3 is 6.01 Å². The van der Waals surface area contributed by atoms with Crippen molar-refractivity contribution in [2.24, 2.45) is 20.5 Å². The van der Waals surface area contributed by atoms with Crippen molar-refractivity contribution >= 4 is 62.4 Å². The number of thioether (sulfide) groups is 1. The molecular weight excluding hydrogens is 440 g/mol. The maximum atomic E-state index is 10.4. The van der Waals surface area contributed by atoms with E-state index in [4.69, 9.17) is 4.52 Å². The minimum Gasteiger partial charge on any atom is -0.506 e. The first-order valence-corrected chi connectivity index (χ1v) is 10.8. The van der Waals surface area contributed by atoms with Crippen LogP contribution in [0.15, 0.2) is 48.5 Å². The molecule has 0 aliphatic rings. The zero-order valence-corrected chi connectivity index (χ0v) is 18.5. The Bertz CT molecular complexity index is 1300. The Morgan fingerprint density at radius 3 is 2.61 bits per heavy atom. The lowest BCUT2D eigenvalue weighted by atomic mass is 10.2. The van der Waals surface area contributed by atoms with Gasteiger partial charge in [-0.25, -0.2) is 9.97 Å². The monoisotopic (exact) mass is 456 g/mol. The van der Waals surface area contributed by atoms with Crippen molar-refractivity contribution in [3.05, 3.63) is 24.2 Å². The molecule has 0 radical (unpaired) electrons. The molecule has 0 saturated heterocycles. The SMILES string of the molecule is CSc1ncc2c(/N=N/c3cc(/N=N/c4nc(C)no4)c(N(C)C)cc3O)snc2n1. The Labute approximate surface area is 184 Å². The third-order valence-electron chi connectivity index (χ3n) is 3.94. The first-order chi connectivity index (χ1) is 14.9. The van der Waals surface area contributed by atoms with Crippen LogP contribution < -0.4 is 4.90 Å². The lowest BCUT2D eigenvalue weighted by Gasteiger charge is -2.15. The van der Waals surface area contributed by atoms with E-state index in [1.165, 1.54) is 17.8 Å². The number of fused-ring (bicyclic) bond motifs is 1. The Kier molecular flexibility index (Phi) is 5.81. The number of rotatable bonds is 6. The van der Waals surface area contributed by atoms with Gasteiger partial charge in [0.25, 0.3) is 0 Å². The second kappa shape index (κ2) is 8.69. The summed E-state index contributed by atoms with van der Waals surface area (Å²) in [5.41, 5.74) is 1.83. The van der Waals surface area contributed by atoms with E-state index < -0.39 is 0 Å².